The molecule has 3 aromatic carbocycles. The minimum Gasteiger partial charge on any atom is -0.407 e. The summed E-state index contributed by atoms with van der Waals surface area (Å²) in [6.45, 7) is 19.3. The fraction of sp³-hybridized carbons (Fsp3) is 0.465. The van der Waals surface area contributed by atoms with Gasteiger partial charge in [0, 0.05) is 24.3 Å². The summed E-state index contributed by atoms with van der Waals surface area (Å²) in [6, 6.07) is 33.8. The maximum atomic E-state index is 13.6. The van der Waals surface area contributed by atoms with Crippen molar-refractivity contribution in [2.24, 2.45) is 0 Å². The Labute approximate surface area is 333 Å². The Morgan fingerprint density at radius 3 is 1.82 bits per heavy atom. The fourth-order valence-electron chi connectivity index (χ4n) is 6.84. The van der Waals surface area contributed by atoms with Crippen LogP contribution in [0.3, 0.4) is 0 Å². The molecule has 1 aliphatic rings. The van der Waals surface area contributed by atoms with E-state index in [9.17, 15) is 14.9 Å². The highest BCUT2D eigenvalue weighted by molar-refractivity contribution is 7.44. The molecule has 1 saturated heterocycles. The molecule has 0 bridgehead atoms. The summed E-state index contributed by atoms with van der Waals surface area (Å²) < 4.78 is 38.7. The topological polar surface area (TPSA) is 128 Å². The number of nitrogens with one attached hydrogen (secondary N) is 1. The molecule has 1 aromatic heterocycles. The van der Waals surface area contributed by atoms with E-state index in [-0.39, 0.29) is 36.8 Å². The van der Waals surface area contributed by atoms with Crippen LogP contribution in [0.4, 0.5) is 0 Å². The van der Waals surface area contributed by atoms with Gasteiger partial charge < -0.3 is 22.9 Å². The first-order valence-electron chi connectivity index (χ1n) is 19.3. The van der Waals surface area contributed by atoms with Crippen LogP contribution in [0, 0.1) is 11.3 Å². The number of rotatable bonds is 17. The van der Waals surface area contributed by atoms with Gasteiger partial charge in [0.15, 0.2) is 14.5 Å². The third-order valence-electron chi connectivity index (χ3n) is 10.5. The van der Waals surface area contributed by atoms with E-state index < -0.39 is 58.2 Å². The van der Waals surface area contributed by atoms with Crippen molar-refractivity contribution in [2.75, 3.05) is 13.2 Å². The summed E-state index contributed by atoms with van der Waals surface area (Å²) in [7, 11) is -4.38. The Balaban J connectivity index is 1.70. The predicted molar refractivity (Wildman–Crippen MR) is 223 cm³/mol. The van der Waals surface area contributed by atoms with Crippen LogP contribution in [-0.2, 0) is 28.5 Å². The molecule has 2 unspecified atom stereocenters. The lowest BCUT2D eigenvalue weighted by molar-refractivity contribution is -0.0943. The molecule has 300 valence electrons. The van der Waals surface area contributed by atoms with Gasteiger partial charge in [0.2, 0.25) is 0 Å². The molecule has 2 heterocycles. The van der Waals surface area contributed by atoms with Crippen LogP contribution in [0.1, 0.15) is 77.8 Å². The van der Waals surface area contributed by atoms with Gasteiger partial charge in [0.05, 0.1) is 25.7 Å². The van der Waals surface area contributed by atoms with E-state index >= 15 is 0 Å². The molecule has 11 nitrogen and oxygen atoms in total. The maximum Gasteiger partial charge on any atom is 0.330 e. The summed E-state index contributed by atoms with van der Waals surface area (Å²) >= 11 is 0. The van der Waals surface area contributed by atoms with Gasteiger partial charge in [-0.05, 0) is 62.5 Å². The minimum absolute atomic E-state index is 0.0139. The van der Waals surface area contributed by atoms with E-state index in [2.05, 4.69) is 114 Å². The molecule has 0 aliphatic carbocycles. The number of nitrogens with zero attached hydrogens (tertiary/aromatic N) is 3. The number of ether oxygens (including phenoxy) is 2. The van der Waals surface area contributed by atoms with Crippen molar-refractivity contribution in [1.29, 1.82) is 5.26 Å². The zero-order valence-corrected chi connectivity index (χ0v) is 35.9. The van der Waals surface area contributed by atoms with E-state index in [0.717, 1.165) is 16.7 Å². The summed E-state index contributed by atoms with van der Waals surface area (Å²) in [6.07, 6.45) is -1.80. The van der Waals surface area contributed by atoms with Crippen molar-refractivity contribution in [1.82, 2.24) is 14.2 Å². The number of hydrogen-bond acceptors (Lipinski definition) is 9. The average molecular weight is 801 g/mol. The summed E-state index contributed by atoms with van der Waals surface area (Å²) in [5, 5.41) is 9.24. The normalized spacial score (nSPS) is 19.8. The SMILES string of the molecule is CC(C)N(C(C)C)P(OCCC#N)O[C@@H]1C(O[Si](C)(C)C(C)(C)C)[C@H](n2ccc(=O)[nH]c2=O)O[C@@H]1COC(c1ccccc1)(c1ccccc1)c1ccccc1. The highest BCUT2D eigenvalue weighted by Gasteiger charge is 2.54. The molecule has 1 N–H and O–H groups in total. The second kappa shape index (κ2) is 18.7. The molecule has 56 heavy (non-hydrogen) atoms. The summed E-state index contributed by atoms with van der Waals surface area (Å²) in [5.74, 6) is 0. The molecule has 0 saturated carbocycles. The standard InChI is InChI=1S/C43H57N4O7PSi/c1-31(2)47(32(3)4)55(51-29-19-27-44)53-38-36(52-40(46-28-26-37(48)45-41(46)49)39(38)54-56(8,9)42(5,6)7)30-50-43(33-20-13-10-14-21-33,34-22-15-11-16-23-34)35-24-17-12-18-25-35/h10-18,20-26,28,31-32,36,38-40H,19,29-30H2,1-9H3,(H,45,48,49)/t36-,38+,39?,40-,55?/m1/s1. The van der Waals surface area contributed by atoms with Crippen molar-refractivity contribution < 1.29 is 22.9 Å². The van der Waals surface area contributed by atoms with Gasteiger partial charge in [-0.2, -0.15) is 5.26 Å². The monoisotopic (exact) mass is 800 g/mol. The van der Waals surface area contributed by atoms with Crippen LogP contribution in [-0.4, -0.2) is 66.1 Å². The Kier molecular flexibility index (Phi) is 14.5. The van der Waals surface area contributed by atoms with E-state index in [4.69, 9.17) is 22.9 Å². The Morgan fingerprint density at radius 2 is 1.38 bits per heavy atom. The summed E-state index contributed by atoms with van der Waals surface area (Å²) in [4.78, 5) is 28.3. The zero-order valence-electron chi connectivity index (χ0n) is 34.0. The van der Waals surface area contributed by atoms with Crippen LogP contribution >= 0.6 is 8.53 Å². The Bertz CT molecular complexity index is 1890. The first-order valence-corrected chi connectivity index (χ1v) is 23.3. The van der Waals surface area contributed by atoms with Gasteiger partial charge in [-0.3, -0.25) is 14.3 Å². The van der Waals surface area contributed by atoms with Crippen LogP contribution in [0.15, 0.2) is 113 Å². The molecular weight excluding hydrogens is 744 g/mol. The molecule has 1 aliphatic heterocycles. The van der Waals surface area contributed by atoms with Gasteiger partial charge >= 0.3 is 5.69 Å². The third-order valence-corrected chi connectivity index (χ3v) is 17.1. The predicted octanol–water partition coefficient (Wildman–Crippen LogP) is 8.49. The largest absolute Gasteiger partial charge is 0.407 e. The lowest BCUT2D eigenvalue weighted by Gasteiger charge is -2.42. The van der Waals surface area contributed by atoms with Gasteiger partial charge in [0.25, 0.3) is 14.1 Å². The van der Waals surface area contributed by atoms with Crippen LogP contribution < -0.4 is 11.2 Å². The fourth-order valence-corrected chi connectivity index (χ4v) is 9.89. The lowest BCUT2D eigenvalue weighted by Crippen LogP contribution is -2.50. The first-order chi connectivity index (χ1) is 26.6. The Hall–Kier alpha value is -3.76. The molecule has 5 atom stereocenters. The quantitative estimate of drug-likeness (QED) is 0.0484. The number of hydrogen-bond donors (Lipinski definition) is 1. The molecule has 13 heteroatoms. The highest BCUT2D eigenvalue weighted by Crippen LogP contribution is 2.52. The van der Waals surface area contributed by atoms with Crippen molar-refractivity contribution in [2.45, 2.75) is 115 Å². The van der Waals surface area contributed by atoms with E-state index in [1.807, 2.05) is 54.6 Å². The maximum absolute atomic E-state index is 13.6. The third kappa shape index (κ3) is 9.67. The van der Waals surface area contributed by atoms with Crippen LogP contribution in [0.2, 0.25) is 18.1 Å². The number of aromatic amines is 1. The molecule has 0 radical (unpaired) electrons. The molecule has 4 aromatic rings. The van der Waals surface area contributed by atoms with E-state index in [0.29, 0.717) is 0 Å². The number of benzene rings is 3. The van der Waals surface area contributed by atoms with Crippen molar-refractivity contribution >= 4 is 16.8 Å². The van der Waals surface area contributed by atoms with Crippen LogP contribution in [0.25, 0.3) is 0 Å². The van der Waals surface area contributed by atoms with Gasteiger partial charge in [-0.15, -0.1) is 0 Å². The van der Waals surface area contributed by atoms with Crippen molar-refractivity contribution in [3.8, 4) is 6.07 Å². The van der Waals surface area contributed by atoms with Gasteiger partial charge in [-0.25, -0.2) is 9.46 Å². The number of nitriles is 1. The van der Waals surface area contributed by atoms with Crippen LogP contribution in [0.5, 0.6) is 0 Å². The van der Waals surface area contributed by atoms with E-state index in [1.165, 1.54) is 16.8 Å². The van der Waals surface area contributed by atoms with Crippen molar-refractivity contribution in [3.05, 3.63) is 141 Å². The van der Waals surface area contributed by atoms with E-state index in [1.54, 1.807) is 0 Å². The molecule has 5 rings (SSSR count). The van der Waals surface area contributed by atoms with Gasteiger partial charge in [-0.1, -0.05) is 112 Å². The number of aromatic nitrogens is 2. The molecule has 0 amide bonds. The number of H-pyrrole nitrogens is 1. The first kappa shape index (κ1) is 43.4. The average Bonchev–Trinajstić information content (AvgIpc) is 3.47. The second-order valence-electron chi connectivity index (χ2n) is 16.1. The molecule has 0 spiro atoms. The zero-order chi connectivity index (χ0) is 40.7. The Morgan fingerprint density at radius 1 is 0.857 bits per heavy atom. The van der Waals surface area contributed by atoms with Crippen molar-refractivity contribution in [3.63, 3.8) is 0 Å². The highest BCUT2D eigenvalue weighted by atomic mass is 31.2. The molecular formula is C43H57N4O7PSi. The molecule has 1 fully saturated rings. The smallest absolute Gasteiger partial charge is 0.330 e. The van der Waals surface area contributed by atoms with Gasteiger partial charge in [0.1, 0.15) is 23.9 Å². The summed E-state index contributed by atoms with van der Waals surface area (Å²) in [5.41, 5.74) is 0.541. The minimum atomic E-state index is -2.59. The second-order valence-corrected chi connectivity index (χ2v) is 22.3. The lowest BCUT2D eigenvalue weighted by atomic mass is 9.80.